The van der Waals surface area contributed by atoms with Gasteiger partial charge in [0.2, 0.25) is 5.91 Å². The van der Waals surface area contributed by atoms with E-state index in [4.69, 9.17) is 0 Å². The van der Waals surface area contributed by atoms with E-state index < -0.39 is 0 Å². The van der Waals surface area contributed by atoms with Gasteiger partial charge in [-0.05, 0) is 17.5 Å². The van der Waals surface area contributed by atoms with Crippen LogP contribution in [0, 0.1) is 0 Å². The van der Waals surface area contributed by atoms with Gasteiger partial charge in [-0.1, -0.05) is 36.4 Å². The van der Waals surface area contributed by atoms with E-state index in [0.29, 0.717) is 12.2 Å². The summed E-state index contributed by atoms with van der Waals surface area (Å²) in [6.07, 6.45) is 0. The van der Waals surface area contributed by atoms with Crippen molar-refractivity contribution < 1.29 is 4.79 Å². The maximum atomic E-state index is 12.0. The van der Waals surface area contributed by atoms with Gasteiger partial charge in [0.1, 0.15) is 6.54 Å². The number of carbonyl (C=O) groups excluding carboxylic acids is 1. The minimum atomic E-state index is -0.295. The highest BCUT2D eigenvalue weighted by molar-refractivity contribution is 7.09. The van der Waals surface area contributed by atoms with E-state index in [1.54, 1.807) is 17.4 Å². The van der Waals surface area contributed by atoms with Crippen LogP contribution in [0.15, 0.2) is 64.8 Å². The van der Waals surface area contributed by atoms with Crippen LogP contribution in [0.4, 0.5) is 0 Å². The summed E-state index contributed by atoms with van der Waals surface area (Å²) in [6.45, 7) is 0.370. The van der Waals surface area contributed by atoms with E-state index in [1.165, 1.54) is 10.7 Å². The number of aromatic nitrogens is 2. The third-order valence-corrected chi connectivity index (χ3v) is 4.15. The van der Waals surface area contributed by atoms with Crippen LogP contribution in [0.1, 0.15) is 4.88 Å². The Morgan fingerprint density at radius 1 is 1.09 bits per heavy atom. The van der Waals surface area contributed by atoms with Crippen LogP contribution in [0.25, 0.3) is 11.3 Å². The van der Waals surface area contributed by atoms with E-state index in [1.807, 2.05) is 47.8 Å². The van der Waals surface area contributed by atoms with Gasteiger partial charge in [0, 0.05) is 16.5 Å². The summed E-state index contributed by atoms with van der Waals surface area (Å²) in [5.41, 5.74) is 1.27. The number of carbonyl (C=O) groups is 1. The van der Waals surface area contributed by atoms with Gasteiger partial charge < -0.3 is 5.32 Å². The van der Waals surface area contributed by atoms with Gasteiger partial charge in [-0.3, -0.25) is 9.59 Å². The summed E-state index contributed by atoms with van der Waals surface area (Å²) < 4.78 is 1.19. The van der Waals surface area contributed by atoms with Gasteiger partial charge in [-0.2, -0.15) is 5.10 Å². The van der Waals surface area contributed by atoms with Crippen molar-refractivity contribution in [2.45, 2.75) is 13.1 Å². The predicted octanol–water partition coefficient (Wildman–Crippen LogP) is 2.29. The lowest BCUT2D eigenvalue weighted by Crippen LogP contribution is -2.33. The second-order valence-corrected chi connectivity index (χ2v) is 5.97. The molecule has 1 aromatic carbocycles. The Morgan fingerprint density at radius 2 is 1.91 bits per heavy atom. The zero-order chi connectivity index (χ0) is 16.1. The van der Waals surface area contributed by atoms with Gasteiger partial charge >= 0.3 is 0 Å². The van der Waals surface area contributed by atoms with Gasteiger partial charge in [0.25, 0.3) is 5.56 Å². The fraction of sp³-hybridized carbons (Fsp3) is 0.118. The summed E-state index contributed by atoms with van der Waals surface area (Å²) in [6, 6.07) is 16.5. The molecule has 0 saturated carbocycles. The zero-order valence-electron chi connectivity index (χ0n) is 12.3. The van der Waals surface area contributed by atoms with Crippen molar-refractivity contribution in [3.05, 3.63) is 75.2 Å². The Hall–Kier alpha value is -2.73. The summed E-state index contributed by atoms with van der Waals surface area (Å²) in [7, 11) is 0. The fourth-order valence-electron chi connectivity index (χ4n) is 2.12. The molecule has 116 valence electrons. The molecular formula is C17H15N3O2S. The van der Waals surface area contributed by atoms with Gasteiger partial charge in [0.05, 0.1) is 12.2 Å². The molecular weight excluding hydrogens is 310 g/mol. The van der Waals surface area contributed by atoms with Crippen molar-refractivity contribution in [3.63, 3.8) is 0 Å². The lowest BCUT2D eigenvalue weighted by atomic mass is 10.1. The van der Waals surface area contributed by atoms with Crippen molar-refractivity contribution >= 4 is 17.2 Å². The molecule has 0 aliphatic rings. The first kappa shape index (κ1) is 15.2. The Morgan fingerprint density at radius 3 is 2.65 bits per heavy atom. The molecule has 0 radical (unpaired) electrons. The van der Waals surface area contributed by atoms with Crippen LogP contribution in [0.3, 0.4) is 0 Å². The van der Waals surface area contributed by atoms with Crippen molar-refractivity contribution in [3.8, 4) is 11.3 Å². The van der Waals surface area contributed by atoms with Crippen LogP contribution in [-0.4, -0.2) is 15.7 Å². The molecule has 2 heterocycles. The first-order chi connectivity index (χ1) is 11.2. The second-order valence-electron chi connectivity index (χ2n) is 4.94. The molecule has 0 fully saturated rings. The van der Waals surface area contributed by atoms with E-state index in [-0.39, 0.29) is 18.0 Å². The van der Waals surface area contributed by atoms with E-state index in [0.717, 1.165) is 10.4 Å². The highest BCUT2D eigenvalue weighted by Crippen LogP contribution is 2.13. The standard InChI is InChI=1S/C17H15N3O2S/c21-16(18-11-14-7-4-10-23-14)12-20-17(22)9-8-15(19-20)13-5-2-1-3-6-13/h1-10H,11-12H2,(H,18,21). The fourth-order valence-corrected chi connectivity index (χ4v) is 2.76. The molecule has 0 bridgehead atoms. The molecule has 3 aromatic rings. The number of amides is 1. The first-order valence-electron chi connectivity index (χ1n) is 7.15. The lowest BCUT2D eigenvalue weighted by molar-refractivity contribution is -0.122. The monoisotopic (exact) mass is 325 g/mol. The van der Waals surface area contributed by atoms with E-state index >= 15 is 0 Å². The van der Waals surface area contributed by atoms with Gasteiger partial charge in [-0.25, -0.2) is 4.68 Å². The Balaban J connectivity index is 1.72. The molecule has 1 N–H and O–H groups in total. The van der Waals surface area contributed by atoms with Crippen molar-refractivity contribution in [2.24, 2.45) is 0 Å². The third kappa shape index (κ3) is 3.92. The number of nitrogens with zero attached hydrogens (tertiary/aromatic N) is 2. The minimum Gasteiger partial charge on any atom is -0.350 e. The highest BCUT2D eigenvalue weighted by Gasteiger charge is 2.08. The zero-order valence-corrected chi connectivity index (χ0v) is 13.1. The molecule has 0 aliphatic carbocycles. The topological polar surface area (TPSA) is 64.0 Å². The lowest BCUT2D eigenvalue weighted by Gasteiger charge is -2.07. The number of nitrogens with one attached hydrogen (secondary N) is 1. The molecule has 0 unspecified atom stereocenters. The number of thiophene rings is 1. The molecule has 3 rings (SSSR count). The number of hydrogen-bond donors (Lipinski definition) is 1. The molecule has 0 aliphatic heterocycles. The molecule has 0 spiro atoms. The van der Waals surface area contributed by atoms with Crippen molar-refractivity contribution in [2.75, 3.05) is 0 Å². The minimum absolute atomic E-state index is 0.0924. The molecule has 23 heavy (non-hydrogen) atoms. The second kappa shape index (κ2) is 7.02. The van der Waals surface area contributed by atoms with Crippen LogP contribution >= 0.6 is 11.3 Å². The molecule has 5 nitrogen and oxygen atoms in total. The number of hydrogen-bond acceptors (Lipinski definition) is 4. The number of benzene rings is 1. The quantitative estimate of drug-likeness (QED) is 0.783. The summed E-state index contributed by atoms with van der Waals surface area (Å²) in [5.74, 6) is -0.238. The van der Waals surface area contributed by atoms with Gasteiger partial charge in [0.15, 0.2) is 0 Å². The first-order valence-corrected chi connectivity index (χ1v) is 8.03. The largest absolute Gasteiger partial charge is 0.350 e. The van der Waals surface area contributed by atoms with Gasteiger partial charge in [-0.15, -0.1) is 11.3 Å². The molecule has 0 saturated heterocycles. The molecule has 1 amide bonds. The van der Waals surface area contributed by atoms with E-state index in [2.05, 4.69) is 10.4 Å². The molecule has 2 aromatic heterocycles. The summed E-state index contributed by atoms with van der Waals surface area (Å²) in [4.78, 5) is 25.0. The smallest absolute Gasteiger partial charge is 0.267 e. The van der Waals surface area contributed by atoms with E-state index in [9.17, 15) is 9.59 Å². The average molecular weight is 325 g/mol. The Kier molecular flexibility index (Phi) is 4.63. The molecule has 0 atom stereocenters. The Labute approximate surface area is 137 Å². The third-order valence-electron chi connectivity index (χ3n) is 3.27. The van der Waals surface area contributed by atoms with Crippen LogP contribution in [0.5, 0.6) is 0 Å². The SMILES string of the molecule is O=C(Cn1nc(-c2ccccc2)ccc1=O)NCc1cccs1. The van der Waals surface area contributed by atoms with Crippen LogP contribution in [0.2, 0.25) is 0 Å². The summed E-state index contributed by atoms with van der Waals surface area (Å²) in [5, 5.41) is 9.02. The van der Waals surface area contributed by atoms with Crippen LogP contribution in [-0.2, 0) is 17.9 Å². The predicted molar refractivity (Wildman–Crippen MR) is 90.1 cm³/mol. The van der Waals surface area contributed by atoms with Crippen molar-refractivity contribution in [1.29, 1.82) is 0 Å². The average Bonchev–Trinajstić information content (AvgIpc) is 3.09. The molecule has 6 heteroatoms. The number of rotatable bonds is 5. The van der Waals surface area contributed by atoms with Crippen LogP contribution < -0.4 is 10.9 Å². The maximum absolute atomic E-state index is 12.0. The van der Waals surface area contributed by atoms with Crippen molar-refractivity contribution in [1.82, 2.24) is 15.1 Å². The highest BCUT2D eigenvalue weighted by atomic mass is 32.1. The normalized spacial score (nSPS) is 10.4. The summed E-state index contributed by atoms with van der Waals surface area (Å²) >= 11 is 1.58. The Bertz CT molecular complexity index is 842. The maximum Gasteiger partial charge on any atom is 0.267 e.